The molecule has 11 rings (SSSR count). The third kappa shape index (κ3) is 4.22. The van der Waals surface area contributed by atoms with Crippen molar-refractivity contribution in [2.45, 2.75) is 0 Å². The number of hydrogen-bond donors (Lipinski definition) is 0. The monoisotopic (exact) mass is 666 g/mol. The minimum atomic E-state index is 1.14. The van der Waals surface area contributed by atoms with Crippen molar-refractivity contribution in [1.29, 1.82) is 0 Å². The summed E-state index contributed by atoms with van der Waals surface area (Å²) in [6.45, 7) is 0. The molecule has 2 aromatic heterocycles. The Bertz CT molecular complexity index is 3150. The van der Waals surface area contributed by atoms with Crippen molar-refractivity contribution in [3.05, 3.63) is 182 Å². The molecule has 0 spiro atoms. The van der Waals surface area contributed by atoms with E-state index in [1.54, 1.807) is 0 Å². The summed E-state index contributed by atoms with van der Waals surface area (Å²) in [4.78, 5) is 2.51. The molecule has 0 saturated carbocycles. The van der Waals surface area contributed by atoms with Gasteiger partial charge in [-0.15, -0.1) is 11.3 Å². The Labute approximate surface area is 298 Å². The van der Waals surface area contributed by atoms with E-state index < -0.39 is 0 Å². The van der Waals surface area contributed by atoms with Gasteiger partial charge in [0.1, 0.15) is 0 Å². The second kappa shape index (κ2) is 11.0. The van der Waals surface area contributed by atoms with Crippen LogP contribution in [0.5, 0.6) is 0 Å². The van der Waals surface area contributed by atoms with Crippen LogP contribution < -0.4 is 4.90 Å². The van der Waals surface area contributed by atoms with Crippen molar-refractivity contribution < 1.29 is 0 Å². The first-order valence-corrected chi connectivity index (χ1v) is 18.3. The number of para-hydroxylation sites is 2. The summed E-state index contributed by atoms with van der Waals surface area (Å²) < 4.78 is 4.99. The number of nitrogens with zero attached hydrogens (tertiary/aromatic N) is 2. The summed E-state index contributed by atoms with van der Waals surface area (Å²) in [7, 11) is 0. The van der Waals surface area contributed by atoms with Crippen LogP contribution in [-0.4, -0.2) is 4.57 Å². The molecule has 11 aromatic rings. The molecule has 0 amide bonds. The molecule has 0 aliphatic rings. The second-order valence-electron chi connectivity index (χ2n) is 13.3. The smallest absolute Gasteiger partial charge is 0.0640 e. The molecule has 0 unspecified atom stereocenters. The van der Waals surface area contributed by atoms with Gasteiger partial charge in [0.25, 0.3) is 0 Å². The molecule has 238 valence electrons. The summed E-state index contributed by atoms with van der Waals surface area (Å²) >= 11 is 1.88. The molecule has 0 atom stereocenters. The van der Waals surface area contributed by atoms with Gasteiger partial charge in [0.05, 0.1) is 27.1 Å². The van der Waals surface area contributed by atoms with Gasteiger partial charge in [-0.1, -0.05) is 127 Å². The third-order valence-corrected chi connectivity index (χ3v) is 11.7. The van der Waals surface area contributed by atoms with Gasteiger partial charge in [-0.25, -0.2) is 0 Å². The van der Waals surface area contributed by atoms with Crippen molar-refractivity contribution in [2.24, 2.45) is 0 Å². The van der Waals surface area contributed by atoms with Gasteiger partial charge in [0.2, 0.25) is 0 Å². The van der Waals surface area contributed by atoms with E-state index in [1.807, 2.05) is 11.3 Å². The standard InChI is InChI=1S/C48H30N2S/c1-2-13-33(14-3-1)49-42-19-8-6-17-41(42)47-43(49)20-11-21-44(47)50(45-22-10-18-40-39-16-7-9-23-46(39)51-48(40)45)34-26-29-36-32(30-34)25-28-37-35-15-5-4-12-31(35)24-27-38(36)37/h1-30H. The average molecular weight is 667 g/mol. The van der Waals surface area contributed by atoms with Crippen LogP contribution in [0.1, 0.15) is 0 Å². The van der Waals surface area contributed by atoms with Gasteiger partial charge >= 0.3 is 0 Å². The molecular weight excluding hydrogens is 637 g/mol. The number of benzene rings is 9. The number of hydrogen-bond acceptors (Lipinski definition) is 2. The molecule has 0 aliphatic carbocycles. The Morgan fingerprint density at radius 1 is 0.392 bits per heavy atom. The fourth-order valence-corrected chi connectivity index (χ4v) is 9.52. The molecule has 2 nitrogen and oxygen atoms in total. The lowest BCUT2D eigenvalue weighted by Gasteiger charge is -2.27. The van der Waals surface area contributed by atoms with Crippen LogP contribution in [0.2, 0.25) is 0 Å². The maximum Gasteiger partial charge on any atom is 0.0640 e. The lowest BCUT2D eigenvalue weighted by atomic mass is 9.96. The van der Waals surface area contributed by atoms with E-state index in [1.165, 1.54) is 80.0 Å². The van der Waals surface area contributed by atoms with E-state index in [2.05, 4.69) is 191 Å². The second-order valence-corrected chi connectivity index (χ2v) is 14.4. The molecule has 3 heteroatoms. The molecule has 51 heavy (non-hydrogen) atoms. The zero-order valence-corrected chi connectivity index (χ0v) is 28.4. The Hall–Kier alpha value is -6.42. The van der Waals surface area contributed by atoms with Crippen LogP contribution >= 0.6 is 11.3 Å². The van der Waals surface area contributed by atoms with Crippen molar-refractivity contribution >= 4 is 103 Å². The first-order valence-electron chi connectivity index (χ1n) is 17.4. The van der Waals surface area contributed by atoms with Crippen LogP contribution in [0.3, 0.4) is 0 Å². The van der Waals surface area contributed by atoms with Crippen LogP contribution in [-0.2, 0) is 0 Å². The Morgan fingerprint density at radius 2 is 1.02 bits per heavy atom. The summed E-state index contributed by atoms with van der Waals surface area (Å²) in [5.41, 5.74) is 7.02. The van der Waals surface area contributed by atoms with Gasteiger partial charge in [-0.2, -0.15) is 0 Å². The average Bonchev–Trinajstić information content (AvgIpc) is 3.75. The zero-order valence-electron chi connectivity index (χ0n) is 27.6. The Kier molecular flexibility index (Phi) is 6.16. The van der Waals surface area contributed by atoms with Crippen LogP contribution in [0, 0.1) is 0 Å². The Balaban J connectivity index is 1.23. The number of aromatic nitrogens is 1. The molecule has 0 radical (unpaired) electrons. The molecule has 0 aliphatic heterocycles. The molecule has 0 fully saturated rings. The van der Waals surface area contributed by atoms with Crippen molar-refractivity contribution in [3.63, 3.8) is 0 Å². The SMILES string of the molecule is c1ccc(-n2c3ccccc3c3c(N(c4ccc5c(ccc6c7ccccc7ccc56)c4)c4cccc5c4sc4ccccc45)cccc32)cc1. The van der Waals surface area contributed by atoms with Crippen molar-refractivity contribution in [1.82, 2.24) is 4.57 Å². The van der Waals surface area contributed by atoms with Crippen LogP contribution in [0.4, 0.5) is 17.1 Å². The molecule has 0 saturated heterocycles. The number of fused-ring (bicyclic) bond motifs is 11. The lowest BCUT2D eigenvalue weighted by Crippen LogP contribution is -2.10. The maximum atomic E-state index is 2.51. The minimum Gasteiger partial charge on any atom is -0.309 e. The van der Waals surface area contributed by atoms with E-state index in [-0.39, 0.29) is 0 Å². The van der Waals surface area contributed by atoms with Crippen molar-refractivity contribution in [2.75, 3.05) is 4.90 Å². The van der Waals surface area contributed by atoms with Gasteiger partial charge < -0.3 is 9.47 Å². The van der Waals surface area contributed by atoms with Crippen LogP contribution in [0.25, 0.3) is 80.0 Å². The molecule has 2 heterocycles. The quantitative estimate of drug-likeness (QED) is 0.170. The van der Waals surface area contributed by atoms with Gasteiger partial charge in [-0.3, -0.25) is 0 Å². The molecule has 9 aromatic carbocycles. The fourth-order valence-electron chi connectivity index (χ4n) is 8.31. The third-order valence-electron chi connectivity index (χ3n) is 10.5. The highest BCUT2D eigenvalue weighted by Crippen LogP contribution is 2.49. The van der Waals surface area contributed by atoms with Gasteiger partial charge in [0, 0.05) is 37.6 Å². The summed E-state index contributed by atoms with van der Waals surface area (Å²) in [6, 6.07) is 66.8. The highest BCUT2D eigenvalue weighted by molar-refractivity contribution is 7.26. The summed E-state index contributed by atoms with van der Waals surface area (Å²) in [5, 5.41) is 12.7. The normalized spacial score (nSPS) is 11.9. The lowest BCUT2D eigenvalue weighted by molar-refractivity contribution is 1.18. The fraction of sp³-hybridized carbons (Fsp3) is 0. The minimum absolute atomic E-state index is 1.14. The van der Waals surface area contributed by atoms with Crippen LogP contribution in [0.15, 0.2) is 182 Å². The summed E-state index contributed by atoms with van der Waals surface area (Å²) in [5.74, 6) is 0. The number of rotatable bonds is 4. The number of anilines is 3. The van der Waals surface area contributed by atoms with Gasteiger partial charge in [-0.05, 0) is 86.9 Å². The van der Waals surface area contributed by atoms with E-state index in [0.29, 0.717) is 0 Å². The Morgan fingerprint density at radius 3 is 1.90 bits per heavy atom. The van der Waals surface area contributed by atoms with Gasteiger partial charge in [0.15, 0.2) is 0 Å². The largest absolute Gasteiger partial charge is 0.309 e. The molecule has 0 N–H and O–H groups in total. The summed E-state index contributed by atoms with van der Waals surface area (Å²) in [6.07, 6.45) is 0. The van der Waals surface area contributed by atoms with E-state index in [9.17, 15) is 0 Å². The van der Waals surface area contributed by atoms with E-state index in [4.69, 9.17) is 0 Å². The predicted octanol–water partition coefficient (Wildman–Crippen LogP) is 14.1. The van der Waals surface area contributed by atoms with E-state index >= 15 is 0 Å². The topological polar surface area (TPSA) is 8.17 Å². The molecule has 0 bridgehead atoms. The highest BCUT2D eigenvalue weighted by Gasteiger charge is 2.23. The zero-order chi connectivity index (χ0) is 33.5. The highest BCUT2D eigenvalue weighted by atomic mass is 32.1. The molecular formula is C48H30N2S. The van der Waals surface area contributed by atoms with E-state index in [0.717, 1.165) is 17.1 Å². The predicted molar refractivity (Wildman–Crippen MR) is 221 cm³/mol. The maximum absolute atomic E-state index is 2.51. The first kappa shape index (κ1) is 28.4. The van der Waals surface area contributed by atoms with Crippen molar-refractivity contribution in [3.8, 4) is 5.69 Å². The number of thiophene rings is 1. The first-order chi connectivity index (χ1) is 25.3.